The summed E-state index contributed by atoms with van der Waals surface area (Å²) < 4.78 is 13.7. The smallest absolute Gasteiger partial charge is 0.224 e. The lowest BCUT2D eigenvalue weighted by molar-refractivity contribution is -0.116. The van der Waals surface area contributed by atoms with Gasteiger partial charge in [-0.3, -0.25) is 4.79 Å². The summed E-state index contributed by atoms with van der Waals surface area (Å²) in [7, 11) is 0. The summed E-state index contributed by atoms with van der Waals surface area (Å²) in [5.41, 5.74) is 3.68. The first-order valence-corrected chi connectivity index (χ1v) is 7.56. The Balaban J connectivity index is 1.96. The minimum Gasteiger partial charge on any atom is -0.326 e. The summed E-state index contributed by atoms with van der Waals surface area (Å²) >= 11 is 3.13. The third-order valence-corrected chi connectivity index (χ3v) is 3.91. The van der Waals surface area contributed by atoms with Crippen LogP contribution in [0.15, 0.2) is 40.9 Å². The van der Waals surface area contributed by atoms with Crippen LogP contribution in [0.25, 0.3) is 0 Å². The molecule has 1 N–H and O–H groups in total. The van der Waals surface area contributed by atoms with E-state index < -0.39 is 0 Å². The SMILES string of the molecule is Cc1ccc(CCC(=O)Nc2cc(Br)c(F)cc2C)cc1. The van der Waals surface area contributed by atoms with Crippen LogP contribution >= 0.6 is 15.9 Å². The van der Waals surface area contributed by atoms with Crippen molar-refractivity contribution in [3.8, 4) is 0 Å². The maximum atomic E-state index is 13.3. The van der Waals surface area contributed by atoms with Gasteiger partial charge in [0, 0.05) is 12.1 Å². The van der Waals surface area contributed by atoms with Crippen molar-refractivity contribution < 1.29 is 9.18 Å². The number of carbonyl (C=O) groups is 1. The lowest BCUT2D eigenvalue weighted by Gasteiger charge is -2.09. The van der Waals surface area contributed by atoms with Crippen molar-refractivity contribution in [2.24, 2.45) is 0 Å². The number of halogens is 2. The van der Waals surface area contributed by atoms with E-state index in [2.05, 4.69) is 21.2 Å². The van der Waals surface area contributed by atoms with Crippen LogP contribution in [0.5, 0.6) is 0 Å². The van der Waals surface area contributed by atoms with Gasteiger partial charge in [-0.25, -0.2) is 4.39 Å². The fourth-order valence-corrected chi connectivity index (χ4v) is 2.35. The van der Waals surface area contributed by atoms with E-state index in [1.54, 1.807) is 13.0 Å². The summed E-state index contributed by atoms with van der Waals surface area (Å²) in [6.45, 7) is 3.80. The third-order valence-electron chi connectivity index (χ3n) is 3.30. The molecule has 0 bridgehead atoms. The summed E-state index contributed by atoms with van der Waals surface area (Å²) in [5, 5.41) is 2.82. The van der Waals surface area contributed by atoms with Crippen LogP contribution < -0.4 is 5.32 Å². The quantitative estimate of drug-likeness (QED) is 0.845. The van der Waals surface area contributed by atoms with Crippen LogP contribution in [0.3, 0.4) is 0 Å². The van der Waals surface area contributed by atoms with Crippen molar-refractivity contribution in [3.05, 3.63) is 63.4 Å². The molecule has 1 amide bonds. The van der Waals surface area contributed by atoms with Crippen LogP contribution in [0.4, 0.5) is 10.1 Å². The molecule has 2 nitrogen and oxygen atoms in total. The normalized spacial score (nSPS) is 10.5. The highest BCUT2D eigenvalue weighted by molar-refractivity contribution is 9.10. The van der Waals surface area contributed by atoms with Gasteiger partial charge in [0.2, 0.25) is 5.91 Å². The van der Waals surface area contributed by atoms with Crippen LogP contribution in [-0.4, -0.2) is 5.91 Å². The Morgan fingerprint density at radius 3 is 2.52 bits per heavy atom. The van der Waals surface area contributed by atoms with Gasteiger partial charge < -0.3 is 5.32 Å². The van der Waals surface area contributed by atoms with Crippen LogP contribution in [0, 0.1) is 19.7 Å². The van der Waals surface area contributed by atoms with Gasteiger partial charge >= 0.3 is 0 Å². The Bertz CT molecular complexity index is 653. The monoisotopic (exact) mass is 349 g/mol. The average molecular weight is 350 g/mol. The Morgan fingerprint density at radius 2 is 1.86 bits per heavy atom. The zero-order valence-corrected chi connectivity index (χ0v) is 13.6. The van der Waals surface area contributed by atoms with Gasteiger partial charge in [0.25, 0.3) is 0 Å². The lowest BCUT2D eigenvalue weighted by Crippen LogP contribution is -2.13. The first-order valence-electron chi connectivity index (χ1n) is 6.77. The van der Waals surface area contributed by atoms with Gasteiger partial charge in [-0.15, -0.1) is 0 Å². The number of hydrogen-bond acceptors (Lipinski definition) is 1. The minimum absolute atomic E-state index is 0.0721. The lowest BCUT2D eigenvalue weighted by atomic mass is 10.1. The highest BCUT2D eigenvalue weighted by Crippen LogP contribution is 2.24. The number of carbonyl (C=O) groups excluding carboxylic acids is 1. The Morgan fingerprint density at radius 1 is 1.19 bits per heavy atom. The van der Waals surface area contributed by atoms with Gasteiger partial charge in [-0.1, -0.05) is 29.8 Å². The predicted octanol–water partition coefficient (Wildman–Crippen LogP) is 4.78. The number of amides is 1. The predicted molar refractivity (Wildman–Crippen MR) is 87.0 cm³/mol. The summed E-state index contributed by atoms with van der Waals surface area (Å²) in [4.78, 5) is 12.0. The van der Waals surface area contributed by atoms with Crippen molar-refractivity contribution in [3.63, 3.8) is 0 Å². The van der Waals surface area contributed by atoms with Crippen LogP contribution in [0.1, 0.15) is 23.1 Å². The Hall–Kier alpha value is -1.68. The van der Waals surface area contributed by atoms with Crippen molar-refractivity contribution in [2.75, 3.05) is 5.32 Å². The highest BCUT2D eigenvalue weighted by atomic mass is 79.9. The Labute approximate surface area is 132 Å². The zero-order chi connectivity index (χ0) is 15.4. The fraction of sp³-hybridized carbons (Fsp3) is 0.235. The number of hydrogen-bond donors (Lipinski definition) is 1. The van der Waals surface area contributed by atoms with Gasteiger partial charge in [-0.05, 0) is 59.5 Å². The molecule has 0 radical (unpaired) electrons. The molecule has 0 fully saturated rings. The average Bonchev–Trinajstić information content (AvgIpc) is 2.44. The standard InChI is InChI=1S/C17H17BrFNO/c1-11-3-5-13(6-4-11)7-8-17(21)20-16-10-14(18)15(19)9-12(16)2/h3-6,9-10H,7-8H2,1-2H3,(H,20,21). The number of aryl methyl sites for hydroxylation is 3. The van der Waals surface area contributed by atoms with Crippen molar-refractivity contribution in [2.45, 2.75) is 26.7 Å². The molecular weight excluding hydrogens is 333 g/mol. The maximum absolute atomic E-state index is 13.3. The molecule has 2 rings (SSSR count). The third kappa shape index (κ3) is 4.39. The summed E-state index contributed by atoms with van der Waals surface area (Å²) in [5.74, 6) is -0.401. The molecule has 21 heavy (non-hydrogen) atoms. The molecule has 0 atom stereocenters. The van der Waals surface area contributed by atoms with Gasteiger partial charge in [0.1, 0.15) is 5.82 Å². The minimum atomic E-state index is -0.329. The van der Waals surface area contributed by atoms with Gasteiger partial charge in [-0.2, -0.15) is 0 Å². The molecule has 2 aromatic carbocycles. The first-order chi connectivity index (χ1) is 9.95. The second-order valence-electron chi connectivity index (χ2n) is 5.12. The molecule has 0 aliphatic rings. The molecule has 0 unspecified atom stereocenters. The number of nitrogens with one attached hydrogen (secondary N) is 1. The molecule has 0 heterocycles. The van der Waals surface area contributed by atoms with Crippen molar-refractivity contribution in [1.29, 1.82) is 0 Å². The summed E-state index contributed by atoms with van der Waals surface area (Å²) in [6.07, 6.45) is 1.09. The van der Waals surface area contributed by atoms with E-state index in [1.807, 2.05) is 31.2 Å². The molecule has 4 heteroatoms. The second-order valence-corrected chi connectivity index (χ2v) is 5.97. The Kier molecular flexibility index (Phi) is 5.12. The number of anilines is 1. The highest BCUT2D eigenvalue weighted by Gasteiger charge is 2.09. The molecule has 0 spiro atoms. The maximum Gasteiger partial charge on any atom is 0.224 e. The molecule has 0 saturated carbocycles. The van der Waals surface area contributed by atoms with E-state index in [-0.39, 0.29) is 11.7 Å². The van der Waals surface area contributed by atoms with Gasteiger partial charge in [0.05, 0.1) is 4.47 Å². The van der Waals surface area contributed by atoms with Crippen molar-refractivity contribution >= 4 is 27.5 Å². The molecule has 110 valence electrons. The second kappa shape index (κ2) is 6.85. The molecule has 0 saturated heterocycles. The summed E-state index contributed by atoms with van der Waals surface area (Å²) in [6, 6.07) is 11.1. The number of rotatable bonds is 4. The van der Waals surface area contributed by atoms with Crippen LogP contribution in [-0.2, 0) is 11.2 Å². The van der Waals surface area contributed by atoms with E-state index in [9.17, 15) is 9.18 Å². The molecular formula is C17H17BrFNO. The molecule has 2 aromatic rings. The molecule has 0 aromatic heterocycles. The molecule has 0 aliphatic carbocycles. The van der Waals surface area contributed by atoms with Gasteiger partial charge in [0.15, 0.2) is 0 Å². The van der Waals surface area contributed by atoms with E-state index in [0.29, 0.717) is 28.6 Å². The topological polar surface area (TPSA) is 29.1 Å². The first kappa shape index (κ1) is 15.7. The van der Waals surface area contributed by atoms with Crippen LogP contribution in [0.2, 0.25) is 0 Å². The zero-order valence-electron chi connectivity index (χ0n) is 12.0. The van der Waals surface area contributed by atoms with E-state index in [4.69, 9.17) is 0 Å². The largest absolute Gasteiger partial charge is 0.326 e. The fourth-order valence-electron chi connectivity index (χ4n) is 2.01. The van der Waals surface area contributed by atoms with E-state index >= 15 is 0 Å². The molecule has 0 aliphatic heterocycles. The van der Waals surface area contributed by atoms with E-state index in [1.165, 1.54) is 11.6 Å². The van der Waals surface area contributed by atoms with E-state index in [0.717, 1.165) is 5.56 Å². The van der Waals surface area contributed by atoms with Crippen molar-refractivity contribution in [1.82, 2.24) is 0 Å². The number of benzene rings is 2.